The van der Waals surface area contributed by atoms with E-state index in [4.69, 9.17) is 5.73 Å². The molecule has 3 nitrogen and oxygen atoms in total. The first-order valence-electron chi connectivity index (χ1n) is 3.79. The first-order chi connectivity index (χ1) is 5.84. The van der Waals surface area contributed by atoms with Crippen molar-refractivity contribution in [3.8, 4) is 0 Å². The fraction of sp³-hybridized carbons (Fsp3) is 0.375. The van der Waals surface area contributed by atoms with E-state index in [2.05, 4.69) is 0 Å². The maximum Gasteiger partial charge on any atom is 0.202 e. The highest BCUT2D eigenvalue weighted by atomic mass is 32.2. The second kappa shape index (κ2) is 5.00. The molecule has 0 spiro atoms. The van der Waals surface area contributed by atoms with Gasteiger partial charge >= 0.3 is 0 Å². The molecule has 12 heavy (non-hydrogen) atoms. The average molecular weight is 184 g/mol. The van der Waals surface area contributed by atoms with Gasteiger partial charge in [-0.25, -0.2) is 0 Å². The summed E-state index contributed by atoms with van der Waals surface area (Å²) in [6.45, 7) is 0.663. The minimum Gasteiger partial charge on any atom is -0.618 e. The third-order valence-corrected chi connectivity index (χ3v) is 2.44. The van der Waals surface area contributed by atoms with Crippen LogP contribution in [-0.4, -0.2) is 12.3 Å². The summed E-state index contributed by atoms with van der Waals surface area (Å²) in [6, 6.07) is 5.42. The van der Waals surface area contributed by atoms with Gasteiger partial charge in [0.1, 0.15) is 0 Å². The van der Waals surface area contributed by atoms with Crippen molar-refractivity contribution in [1.82, 2.24) is 0 Å². The number of nitrogens with zero attached hydrogens (tertiary/aromatic N) is 1. The van der Waals surface area contributed by atoms with E-state index in [1.165, 1.54) is 6.20 Å². The van der Waals surface area contributed by atoms with E-state index in [-0.39, 0.29) is 0 Å². The van der Waals surface area contributed by atoms with Crippen molar-refractivity contribution in [1.29, 1.82) is 0 Å². The van der Waals surface area contributed by atoms with Crippen LogP contribution in [0.5, 0.6) is 0 Å². The molecule has 0 unspecified atom stereocenters. The largest absolute Gasteiger partial charge is 0.618 e. The van der Waals surface area contributed by atoms with Gasteiger partial charge in [0, 0.05) is 24.4 Å². The molecule has 1 heterocycles. The van der Waals surface area contributed by atoms with E-state index in [0.29, 0.717) is 6.54 Å². The maximum atomic E-state index is 11.1. The number of pyridine rings is 1. The van der Waals surface area contributed by atoms with Crippen molar-refractivity contribution >= 4 is 11.8 Å². The van der Waals surface area contributed by atoms with Crippen molar-refractivity contribution in [2.24, 2.45) is 5.73 Å². The molecule has 0 fully saturated rings. The van der Waals surface area contributed by atoms with E-state index in [1.807, 2.05) is 12.1 Å². The van der Waals surface area contributed by atoms with Crippen LogP contribution in [0.15, 0.2) is 24.4 Å². The Morgan fingerprint density at radius 3 is 3.00 bits per heavy atom. The fourth-order valence-electron chi connectivity index (χ4n) is 0.835. The van der Waals surface area contributed by atoms with Gasteiger partial charge in [0.25, 0.3) is 0 Å². The highest BCUT2D eigenvalue weighted by molar-refractivity contribution is 7.98. The number of nitrogens with two attached hydrogens (primary N) is 1. The van der Waals surface area contributed by atoms with Gasteiger partial charge < -0.3 is 10.9 Å². The van der Waals surface area contributed by atoms with Gasteiger partial charge in [-0.05, 0) is 6.07 Å². The summed E-state index contributed by atoms with van der Waals surface area (Å²) in [5.41, 5.74) is 6.11. The van der Waals surface area contributed by atoms with Crippen LogP contribution in [0, 0.1) is 5.21 Å². The van der Waals surface area contributed by atoms with Crippen LogP contribution in [0.2, 0.25) is 0 Å². The topological polar surface area (TPSA) is 53.0 Å². The molecule has 0 atom stereocenters. The SMILES string of the molecule is NCCSCc1cccc[n+]1[O-]. The lowest BCUT2D eigenvalue weighted by Crippen LogP contribution is -2.30. The molecule has 1 aromatic heterocycles. The minimum absolute atomic E-state index is 0.663. The van der Waals surface area contributed by atoms with E-state index < -0.39 is 0 Å². The van der Waals surface area contributed by atoms with Crippen molar-refractivity contribution in [2.45, 2.75) is 5.75 Å². The molecule has 0 saturated carbocycles. The van der Waals surface area contributed by atoms with Crippen molar-refractivity contribution in [3.05, 3.63) is 35.3 Å². The quantitative estimate of drug-likeness (QED) is 0.421. The molecule has 0 amide bonds. The monoisotopic (exact) mass is 184 g/mol. The van der Waals surface area contributed by atoms with Crippen LogP contribution in [0.25, 0.3) is 0 Å². The highest BCUT2D eigenvalue weighted by Crippen LogP contribution is 2.06. The van der Waals surface area contributed by atoms with Gasteiger partial charge in [-0.3, -0.25) is 0 Å². The summed E-state index contributed by atoms with van der Waals surface area (Å²) >= 11 is 1.67. The predicted octanol–water partition coefficient (Wildman–Crippen LogP) is 0.512. The molecule has 0 aromatic carbocycles. The Bertz CT molecular complexity index is 242. The summed E-state index contributed by atoms with van der Waals surface area (Å²) in [4.78, 5) is 0. The molecule has 1 aromatic rings. The van der Waals surface area contributed by atoms with Gasteiger partial charge in [-0.15, -0.1) is 11.8 Å². The second-order valence-electron chi connectivity index (χ2n) is 2.36. The fourth-order valence-corrected chi connectivity index (χ4v) is 1.58. The van der Waals surface area contributed by atoms with E-state index in [1.54, 1.807) is 17.8 Å². The van der Waals surface area contributed by atoms with Crippen molar-refractivity contribution in [3.63, 3.8) is 0 Å². The third kappa shape index (κ3) is 2.71. The lowest BCUT2D eigenvalue weighted by molar-refractivity contribution is -0.612. The van der Waals surface area contributed by atoms with Gasteiger partial charge in [0.05, 0.1) is 5.75 Å². The standard InChI is InChI=1S/C8H12N2OS/c9-4-6-12-7-8-3-1-2-5-10(8)11/h1-3,5H,4,6-7,9H2. The molecule has 0 aliphatic rings. The Morgan fingerprint density at radius 2 is 2.33 bits per heavy atom. The summed E-state index contributed by atoms with van der Waals surface area (Å²) in [6.07, 6.45) is 1.51. The van der Waals surface area contributed by atoms with Crippen LogP contribution in [-0.2, 0) is 5.75 Å². The average Bonchev–Trinajstić information content (AvgIpc) is 2.09. The summed E-state index contributed by atoms with van der Waals surface area (Å²) < 4.78 is 0.892. The Hall–Kier alpha value is -0.740. The zero-order valence-electron chi connectivity index (χ0n) is 6.77. The maximum absolute atomic E-state index is 11.1. The molecule has 66 valence electrons. The number of hydrogen-bond donors (Lipinski definition) is 1. The molecule has 2 N–H and O–H groups in total. The smallest absolute Gasteiger partial charge is 0.202 e. The number of hydrogen-bond acceptors (Lipinski definition) is 3. The Morgan fingerprint density at radius 1 is 1.50 bits per heavy atom. The Labute approximate surface area is 76.2 Å². The summed E-state index contributed by atoms with van der Waals surface area (Å²) in [7, 11) is 0. The van der Waals surface area contributed by atoms with Crippen molar-refractivity contribution in [2.75, 3.05) is 12.3 Å². The molecule has 0 radical (unpaired) electrons. The molecule has 0 bridgehead atoms. The van der Waals surface area contributed by atoms with Crippen LogP contribution in [0.4, 0.5) is 0 Å². The van der Waals surface area contributed by atoms with E-state index in [0.717, 1.165) is 21.9 Å². The van der Waals surface area contributed by atoms with Gasteiger partial charge in [-0.2, -0.15) is 4.73 Å². The van der Waals surface area contributed by atoms with E-state index in [9.17, 15) is 5.21 Å². The first kappa shape index (κ1) is 9.35. The number of rotatable bonds is 4. The van der Waals surface area contributed by atoms with Gasteiger partial charge in [0.15, 0.2) is 6.20 Å². The number of thioether (sulfide) groups is 1. The summed E-state index contributed by atoms with van der Waals surface area (Å²) in [5.74, 6) is 1.64. The van der Waals surface area contributed by atoms with Crippen LogP contribution < -0.4 is 10.5 Å². The summed E-state index contributed by atoms with van der Waals surface area (Å²) in [5, 5.41) is 11.1. The molecule has 4 heteroatoms. The number of aromatic nitrogens is 1. The zero-order chi connectivity index (χ0) is 8.81. The molecule has 0 aliphatic heterocycles. The molecular formula is C8H12N2OS. The van der Waals surface area contributed by atoms with Crippen LogP contribution in [0.3, 0.4) is 0 Å². The van der Waals surface area contributed by atoms with Gasteiger partial charge in [0.2, 0.25) is 5.69 Å². The minimum atomic E-state index is 0.663. The van der Waals surface area contributed by atoms with E-state index >= 15 is 0 Å². The Kier molecular flexibility index (Phi) is 3.90. The normalized spacial score (nSPS) is 10.1. The molecular weight excluding hydrogens is 172 g/mol. The molecule has 0 saturated heterocycles. The lowest BCUT2D eigenvalue weighted by atomic mass is 10.4. The highest BCUT2D eigenvalue weighted by Gasteiger charge is 2.01. The lowest BCUT2D eigenvalue weighted by Gasteiger charge is -2.02. The van der Waals surface area contributed by atoms with Gasteiger partial charge in [-0.1, -0.05) is 0 Å². The zero-order valence-corrected chi connectivity index (χ0v) is 7.59. The molecule has 0 aliphatic carbocycles. The first-order valence-corrected chi connectivity index (χ1v) is 4.95. The second-order valence-corrected chi connectivity index (χ2v) is 3.46. The predicted molar refractivity (Wildman–Crippen MR) is 50.6 cm³/mol. The van der Waals surface area contributed by atoms with Crippen LogP contribution >= 0.6 is 11.8 Å². The van der Waals surface area contributed by atoms with Crippen molar-refractivity contribution < 1.29 is 4.73 Å². The van der Waals surface area contributed by atoms with Crippen LogP contribution in [0.1, 0.15) is 5.69 Å². The Balaban J connectivity index is 2.46. The third-order valence-electron chi connectivity index (χ3n) is 1.42. The molecule has 1 rings (SSSR count).